The number of primary amides is 1. The lowest BCUT2D eigenvalue weighted by Crippen LogP contribution is -2.32. The molecule has 92 valence electrons. The van der Waals surface area contributed by atoms with Gasteiger partial charge < -0.3 is 16.4 Å². The van der Waals surface area contributed by atoms with Crippen LogP contribution in [0.4, 0.5) is 5.69 Å². The summed E-state index contributed by atoms with van der Waals surface area (Å²) in [5.41, 5.74) is 14.6. The first-order valence-electron chi connectivity index (χ1n) is 6.06. The van der Waals surface area contributed by atoms with Crippen LogP contribution in [0.3, 0.4) is 0 Å². The van der Waals surface area contributed by atoms with E-state index in [1.807, 2.05) is 0 Å². The van der Waals surface area contributed by atoms with Gasteiger partial charge in [0.25, 0.3) is 0 Å². The maximum Gasteiger partial charge on any atom is 0.219 e. The average molecular weight is 233 g/mol. The number of nitrogens with two attached hydrogens (primary N) is 2. The van der Waals surface area contributed by atoms with Crippen LogP contribution in [0.2, 0.25) is 0 Å². The van der Waals surface area contributed by atoms with Crippen LogP contribution in [0.1, 0.15) is 24.0 Å². The Kier molecular flexibility index (Phi) is 3.64. The lowest BCUT2D eigenvalue weighted by molar-refractivity contribution is -0.117. The second kappa shape index (κ2) is 5.19. The van der Waals surface area contributed by atoms with Gasteiger partial charge in [0.2, 0.25) is 5.91 Å². The van der Waals surface area contributed by atoms with Gasteiger partial charge in [-0.2, -0.15) is 0 Å². The van der Waals surface area contributed by atoms with Crippen molar-refractivity contribution in [1.29, 1.82) is 0 Å². The van der Waals surface area contributed by atoms with Gasteiger partial charge in [-0.1, -0.05) is 12.1 Å². The summed E-state index contributed by atoms with van der Waals surface area (Å²) >= 11 is 0. The van der Waals surface area contributed by atoms with Crippen molar-refractivity contribution in [2.75, 3.05) is 18.0 Å². The third-order valence-electron chi connectivity index (χ3n) is 3.22. The standard InChI is InChI=1S/C13H19N3O/c14-9-10-3-4-12-11(8-10)2-1-6-16(12)7-5-13(15)17/h3-4,8H,1-2,5-7,9,14H2,(H2,15,17). The molecular weight excluding hydrogens is 214 g/mol. The van der Waals surface area contributed by atoms with Crippen LogP contribution in [0.25, 0.3) is 0 Å². The van der Waals surface area contributed by atoms with Crippen molar-refractivity contribution in [1.82, 2.24) is 0 Å². The Morgan fingerprint density at radius 3 is 2.94 bits per heavy atom. The van der Waals surface area contributed by atoms with Crippen molar-refractivity contribution in [2.45, 2.75) is 25.8 Å². The molecule has 0 saturated carbocycles. The zero-order valence-electron chi connectivity index (χ0n) is 9.98. The lowest BCUT2D eigenvalue weighted by Gasteiger charge is -2.31. The van der Waals surface area contributed by atoms with Crippen molar-refractivity contribution in [3.63, 3.8) is 0 Å². The van der Waals surface area contributed by atoms with E-state index in [2.05, 4.69) is 23.1 Å². The minimum atomic E-state index is -0.240. The largest absolute Gasteiger partial charge is 0.371 e. The minimum Gasteiger partial charge on any atom is -0.371 e. The normalized spacial score (nSPS) is 14.5. The summed E-state index contributed by atoms with van der Waals surface area (Å²) in [5.74, 6) is -0.240. The molecule has 0 saturated heterocycles. The van der Waals surface area contributed by atoms with E-state index in [4.69, 9.17) is 11.5 Å². The number of hydrogen-bond acceptors (Lipinski definition) is 3. The average Bonchev–Trinajstić information content (AvgIpc) is 2.35. The molecule has 0 aliphatic carbocycles. The van der Waals surface area contributed by atoms with Gasteiger partial charge in [0.15, 0.2) is 0 Å². The van der Waals surface area contributed by atoms with Crippen molar-refractivity contribution in [3.05, 3.63) is 29.3 Å². The van der Waals surface area contributed by atoms with Crippen molar-refractivity contribution in [3.8, 4) is 0 Å². The van der Waals surface area contributed by atoms with Gasteiger partial charge in [0.05, 0.1) is 0 Å². The fourth-order valence-electron chi connectivity index (χ4n) is 2.33. The molecule has 4 heteroatoms. The molecule has 1 aliphatic heterocycles. The molecule has 0 spiro atoms. The first-order chi connectivity index (χ1) is 8.20. The fraction of sp³-hybridized carbons (Fsp3) is 0.462. The highest BCUT2D eigenvalue weighted by molar-refractivity contribution is 5.74. The molecule has 0 fully saturated rings. The summed E-state index contributed by atoms with van der Waals surface area (Å²) in [5, 5.41) is 0. The fourth-order valence-corrected chi connectivity index (χ4v) is 2.33. The number of benzene rings is 1. The number of nitrogens with zero attached hydrogens (tertiary/aromatic N) is 1. The molecule has 4 N–H and O–H groups in total. The lowest BCUT2D eigenvalue weighted by atomic mass is 9.99. The van der Waals surface area contributed by atoms with Crippen molar-refractivity contribution >= 4 is 11.6 Å². The summed E-state index contributed by atoms with van der Waals surface area (Å²) in [7, 11) is 0. The van der Waals surface area contributed by atoms with E-state index in [9.17, 15) is 4.79 Å². The zero-order chi connectivity index (χ0) is 12.3. The number of amides is 1. The van der Waals surface area contributed by atoms with E-state index in [1.54, 1.807) is 0 Å². The maximum atomic E-state index is 10.8. The van der Waals surface area contributed by atoms with Crippen LogP contribution in [-0.2, 0) is 17.8 Å². The summed E-state index contributed by atoms with van der Waals surface area (Å²) in [4.78, 5) is 13.1. The van der Waals surface area contributed by atoms with Crippen LogP contribution >= 0.6 is 0 Å². The molecule has 0 unspecified atom stereocenters. The Labute approximate surface area is 102 Å². The SMILES string of the molecule is NCc1ccc2c(c1)CCCN2CCC(N)=O. The van der Waals surface area contributed by atoms with Gasteiger partial charge >= 0.3 is 0 Å². The smallest absolute Gasteiger partial charge is 0.219 e. The third kappa shape index (κ3) is 2.77. The number of hydrogen-bond donors (Lipinski definition) is 2. The predicted molar refractivity (Wildman–Crippen MR) is 68.7 cm³/mol. The van der Waals surface area contributed by atoms with Gasteiger partial charge in [0, 0.05) is 31.7 Å². The van der Waals surface area contributed by atoms with Gasteiger partial charge in [-0.25, -0.2) is 0 Å². The molecule has 0 radical (unpaired) electrons. The number of rotatable bonds is 4. The zero-order valence-corrected chi connectivity index (χ0v) is 9.98. The molecule has 1 aromatic rings. The Morgan fingerprint density at radius 2 is 2.24 bits per heavy atom. The second-order valence-corrected chi connectivity index (χ2v) is 4.47. The highest BCUT2D eigenvalue weighted by Gasteiger charge is 2.17. The predicted octanol–water partition coefficient (Wildman–Crippen LogP) is 0.773. The summed E-state index contributed by atoms with van der Waals surface area (Å²) < 4.78 is 0. The molecule has 1 heterocycles. The number of carbonyl (C=O) groups is 1. The van der Waals surface area contributed by atoms with Crippen LogP contribution in [-0.4, -0.2) is 19.0 Å². The summed E-state index contributed by atoms with van der Waals surface area (Å²) in [6, 6.07) is 6.34. The Morgan fingerprint density at radius 1 is 1.41 bits per heavy atom. The molecular formula is C13H19N3O. The molecule has 0 aromatic heterocycles. The Bertz CT molecular complexity index is 417. The van der Waals surface area contributed by atoms with E-state index < -0.39 is 0 Å². The van der Waals surface area contributed by atoms with Crippen LogP contribution in [0, 0.1) is 0 Å². The van der Waals surface area contributed by atoms with Gasteiger partial charge in [-0.15, -0.1) is 0 Å². The monoisotopic (exact) mass is 233 g/mol. The third-order valence-corrected chi connectivity index (χ3v) is 3.22. The molecule has 0 bridgehead atoms. The van der Waals surface area contributed by atoms with E-state index in [0.29, 0.717) is 19.5 Å². The Hall–Kier alpha value is -1.55. The Balaban J connectivity index is 2.16. The highest BCUT2D eigenvalue weighted by Crippen LogP contribution is 2.27. The van der Waals surface area contributed by atoms with Crippen molar-refractivity contribution < 1.29 is 4.79 Å². The quantitative estimate of drug-likeness (QED) is 0.807. The van der Waals surface area contributed by atoms with E-state index in [0.717, 1.165) is 19.4 Å². The van der Waals surface area contributed by atoms with Crippen LogP contribution in [0.5, 0.6) is 0 Å². The summed E-state index contributed by atoms with van der Waals surface area (Å²) in [6.45, 7) is 2.29. The molecule has 4 nitrogen and oxygen atoms in total. The molecule has 1 aromatic carbocycles. The van der Waals surface area contributed by atoms with Crippen LogP contribution < -0.4 is 16.4 Å². The highest BCUT2D eigenvalue weighted by atomic mass is 16.1. The molecule has 0 atom stereocenters. The molecule has 17 heavy (non-hydrogen) atoms. The van der Waals surface area contributed by atoms with Gasteiger partial charge in [-0.3, -0.25) is 4.79 Å². The topological polar surface area (TPSA) is 72.3 Å². The number of fused-ring (bicyclic) bond motifs is 1. The van der Waals surface area contributed by atoms with Crippen LogP contribution in [0.15, 0.2) is 18.2 Å². The van der Waals surface area contributed by atoms with E-state index in [-0.39, 0.29) is 5.91 Å². The molecule has 1 amide bonds. The van der Waals surface area contributed by atoms with E-state index >= 15 is 0 Å². The first-order valence-corrected chi connectivity index (χ1v) is 6.06. The molecule has 1 aliphatic rings. The number of carbonyl (C=O) groups excluding carboxylic acids is 1. The summed E-state index contributed by atoms with van der Waals surface area (Å²) in [6.07, 6.45) is 2.63. The second-order valence-electron chi connectivity index (χ2n) is 4.47. The van der Waals surface area contributed by atoms with Gasteiger partial charge in [-0.05, 0) is 30.0 Å². The van der Waals surface area contributed by atoms with Crippen molar-refractivity contribution in [2.24, 2.45) is 11.5 Å². The maximum absolute atomic E-state index is 10.8. The minimum absolute atomic E-state index is 0.240. The van der Waals surface area contributed by atoms with E-state index in [1.165, 1.54) is 16.8 Å². The first kappa shape index (κ1) is 11.9. The number of anilines is 1. The number of aryl methyl sites for hydroxylation is 1. The van der Waals surface area contributed by atoms with Gasteiger partial charge in [0.1, 0.15) is 0 Å². The molecule has 2 rings (SSSR count).